The van der Waals surface area contributed by atoms with Gasteiger partial charge in [0.2, 0.25) is 0 Å². The number of nitrogens with zero attached hydrogens (tertiary/aromatic N) is 4. The zero-order valence-corrected chi connectivity index (χ0v) is 16.8. The first-order valence-electron chi connectivity index (χ1n) is 9.31. The third kappa shape index (κ3) is 4.44. The number of methoxy groups -OCH3 is 2. The Balaban J connectivity index is 1.56. The van der Waals surface area contributed by atoms with E-state index in [4.69, 9.17) is 9.47 Å². The van der Waals surface area contributed by atoms with Gasteiger partial charge in [0.15, 0.2) is 11.5 Å². The number of piperidine rings is 1. The Kier molecular flexibility index (Phi) is 6.18. The summed E-state index contributed by atoms with van der Waals surface area (Å²) in [6, 6.07) is 7.56. The maximum atomic E-state index is 12.6. The van der Waals surface area contributed by atoms with Gasteiger partial charge in [-0.25, -0.2) is 14.8 Å². The number of benzene rings is 1. The number of amides is 2. The van der Waals surface area contributed by atoms with E-state index in [1.807, 2.05) is 24.9 Å². The fourth-order valence-electron chi connectivity index (χ4n) is 3.39. The molecule has 2 heterocycles. The molecule has 8 nitrogen and oxygen atoms in total. The second kappa shape index (κ2) is 8.77. The summed E-state index contributed by atoms with van der Waals surface area (Å²) in [5, 5.41) is 2.94. The maximum absolute atomic E-state index is 12.6. The molecular weight excluding hydrogens is 358 g/mol. The van der Waals surface area contributed by atoms with Crippen molar-refractivity contribution in [2.24, 2.45) is 0 Å². The van der Waals surface area contributed by atoms with Crippen molar-refractivity contribution in [2.45, 2.75) is 25.8 Å². The molecule has 3 rings (SSSR count). The summed E-state index contributed by atoms with van der Waals surface area (Å²) in [5.74, 6) is 2.13. The van der Waals surface area contributed by atoms with Crippen LogP contribution in [0.3, 0.4) is 0 Å². The van der Waals surface area contributed by atoms with Crippen molar-refractivity contribution in [1.29, 1.82) is 0 Å². The summed E-state index contributed by atoms with van der Waals surface area (Å²) in [7, 11) is 5.20. The van der Waals surface area contributed by atoms with Gasteiger partial charge in [0.1, 0.15) is 12.1 Å². The van der Waals surface area contributed by atoms with Crippen LogP contribution in [0, 0.1) is 6.92 Å². The Morgan fingerprint density at radius 3 is 2.50 bits per heavy atom. The molecule has 2 aromatic rings. The van der Waals surface area contributed by atoms with Crippen molar-refractivity contribution in [3.63, 3.8) is 0 Å². The number of carbonyl (C=O) groups excluding carboxylic acids is 1. The second-order valence-electron chi connectivity index (χ2n) is 6.85. The lowest BCUT2D eigenvalue weighted by molar-refractivity contribution is 0.194. The average molecular weight is 385 g/mol. The predicted octanol–water partition coefficient (Wildman–Crippen LogP) is 2.93. The molecule has 1 aromatic carbocycles. The van der Waals surface area contributed by atoms with E-state index in [0.29, 0.717) is 36.3 Å². The van der Waals surface area contributed by atoms with E-state index in [1.165, 1.54) is 0 Å². The fraction of sp³-hybridized carbons (Fsp3) is 0.450. The highest BCUT2D eigenvalue weighted by molar-refractivity contribution is 5.89. The number of aromatic nitrogens is 2. The molecule has 1 N–H and O–H groups in total. The van der Waals surface area contributed by atoms with Crippen molar-refractivity contribution in [2.75, 3.05) is 44.6 Å². The zero-order chi connectivity index (χ0) is 20.1. The lowest BCUT2D eigenvalue weighted by atomic mass is 10.0. The molecule has 1 saturated heterocycles. The minimum absolute atomic E-state index is 0.105. The number of likely N-dealkylation sites (tertiary alicyclic amines) is 1. The molecule has 8 heteroatoms. The molecule has 0 bridgehead atoms. The lowest BCUT2D eigenvalue weighted by Gasteiger charge is -2.37. The van der Waals surface area contributed by atoms with Gasteiger partial charge in [0.05, 0.1) is 14.2 Å². The van der Waals surface area contributed by atoms with Crippen LogP contribution in [0.5, 0.6) is 11.5 Å². The van der Waals surface area contributed by atoms with Crippen molar-refractivity contribution < 1.29 is 14.3 Å². The topological polar surface area (TPSA) is 79.8 Å². The first-order valence-corrected chi connectivity index (χ1v) is 9.31. The van der Waals surface area contributed by atoms with Crippen LogP contribution in [0.4, 0.5) is 16.3 Å². The Morgan fingerprint density at radius 2 is 1.86 bits per heavy atom. The molecule has 0 unspecified atom stereocenters. The number of nitrogens with one attached hydrogen (secondary N) is 1. The van der Waals surface area contributed by atoms with Gasteiger partial charge >= 0.3 is 6.03 Å². The van der Waals surface area contributed by atoms with Crippen LogP contribution in [0.2, 0.25) is 0 Å². The minimum atomic E-state index is -0.105. The van der Waals surface area contributed by atoms with Crippen LogP contribution >= 0.6 is 0 Å². The maximum Gasteiger partial charge on any atom is 0.321 e. The number of hydrogen-bond donors (Lipinski definition) is 1. The van der Waals surface area contributed by atoms with Gasteiger partial charge < -0.3 is 24.6 Å². The Labute approximate surface area is 165 Å². The van der Waals surface area contributed by atoms with E-state index in [2.05, 4.69) is 20.2 Å². The van der Waals surface area contributed by atoms with Crippen LogP contribution in [-0.4, -0.2) is 61.3 Å². The van der Waals surface area contributed by atoms with Crippen LogP contribution < -0.4 is 19.7 Å². The molecule has 150 valence electrons. The Hall–Kier alpha value is -3.03. The third-order valence-electron chi connectivity index (χ3n) is 5.08. The minimum Gasteiger partial charge on any atom is -0.493 e. The van der Waals surface area contributed by atoms with Crippen molar-refractivity contribution in [3.8, 4) is 11.5 Å². The summed E-state index contributed by atoms with van der Waals surface area (Å²) >= 11 is 0. The summed E-state index contributed by atoms with van der Waals surface area (Å²) in [4.78, 5) is 25.1. The van der Waals surface area contributed by atoms with E-state index in [1.54, 1.807) is 38.7 Å². The van der Waals surface area contributed by atoms with Gasteiger partial charge in [-0.1, -0.05) is 0 Å². The molecule has 0 radical (unpaired) electrons. The van der Waals surface area contributed by atoms with Gasteiger partial charge in [-0.05, 0) is 31.9 Å². The predicted molar refractivity (Wildman–Crippen MR) is 108 cm³/mol. The van der Waals surface area contributed by atoms with E-state index in [9.17, 15) is 4.79 Å². The third-order valence-corrected chi connectivity index (χ3v) is 5.08. The fourth-order valence-corrected chi connectivity index (χ4v) is 3.39. The van der Waals surface area contributed by atoms with Crippen LogP contribution in [0.1, 0.15) is 18.5 Å². The van der Waals surface area contributed by atoms with Gasteiger partial charge in [-0.15, -0.1) is 0 Å². The summed E-state index contributed by atoms with van der Waals surface area (Å²) < 4.78 is 10.5. The second-order valence-corrected chi connectivity index (χ2v) is 6.85. The monoisotopic (exact) mass is 385 g/mol. The molecule has 1 fully saturated rings. The summed E-state index contributed by atoms with van der Waals surface area (Å²) in [6.07, 6.45) is 3.37. The van der Waals surface area contributed by atoms with E-state index < -0.39 is 0 Å². The van der Waals surface area contributed by atoms with Crippen LogP contribution in [0.25, 0.3) is 0 Å². The number of urea groups is 1. The van der Waals surface area contributed by atoms with Gasteiger partial charge in [0.25, 0.3) is 0 Å². The van der Waals surface area contributed by atoms with E-state index in [-0.39, 0.29) is 6.03 Å². The molecular formula is C20H27N5O3. The normalized spacial score (nSPS) is 14.5. The molecule has 0 atom stereocenters. The van der Waals surface area contributed by atoms with Crippen molar-refractivity contribution in [3.05, 3.63) is 36.3 Å². The highest BCUT2D eigenvalue weighted by Crippen LogP contribution is 2.30. The zero-order valence-electron chi connectivity index (χ0n) is 16.8. The number of hydrogen-bond acceptors (Lipinski definition) is 6. The number of ether oxygens (including phenoxy) is 2. The molecule has 1 aliphatic heterocycles. The van der Waals surface area contributed by atoms with Crippen molar-refractivity contribution in [1.82, 2.24) is 14.9 Å². The van der Waals surface area contributed by atoms with Crippen molar-refractivity contribution >= 4 is 17.5 Å². The number of rotatable bonds is 5. The van der Waals surface area contributed by atoms with Gasteiger partial charge in [-0.3, -0.25) is 0 Å². The summed E-state index contributed by atoms with van der Waals surface area (Å²) in [5.41, 5.74) is 1.63. The molecule has 1 aromatic heterocycles. The number of carbonyl (C=O) groups is 1. The molecule has 0 spiro atoms. The van der Waals surface area contributed by atoms with Gasteiger partial charge in [0, 0.05) is 49.7 Å². The largest absolute Gasteiger partial charge is 0.493 e. The lowest BCUT2D eigenvalue weighted by Crippen LogP contribution is -2.47. The highest BCUT2D eigenvalue weighted by atomic mass is 16.5. The molecule has 28 heavy (non-hydrogen) atoms. The SMILES string of the molecule is COc1ccc(NC(=O)N2CCC(N(C)c3cc(C)ncn3)CC2)cc1OC. The molecule has 0 saturated carbocycles. The molecule has 0 aliphatic carbocycles. The Morgan fingerprint density at radius 1 is 1.14 bits per heavy atom. The number of anilines is 2. The number of aryl methyl sites for hydroxylation is 1. The quantitative estimate of drug-likeness (QED) is 0.852. The van der Waals surface area contributed by atoms with E-state index >= 15 is 0 Å². The average Bonchev–Trinajstić information content (AvgIpc) is 2.73. The van der Waals surface area contributed by atoms with Crippen LogP contribution in [0.15, 0.2) is 30.6 Å². The Bertz CT molecular complexity index is 821. The van der Waals surface area contributed by atoms with E-state index in [0.717, 1.165) is 24.4 Å². The summed E-state index contributed by atoms with van der Waals surface area (Å²) in [6.45, 7) is 3.34. The van der Waals surface area contributed by atoms with Crippen LogP contribution in [-0.2, 0) is 0 Å². The molecule has 2 amide bonds. The molecule has 1 aliphatic rings. The highest BCUT2D eigenvalue weighted by Gasteiger charge is 2.26. The standard InChI is InChI=1S/C20H27N5O3/c1-14-11-19(22-13-21-14)24(2)16-7-9-25(10-8-16)20(26)23-15-5-6-17(27-3)18(12-15)28-4/h5-6,11-13,16H,7-10H2,1-4H3,(H,23,26). The first-order chi connectivity index (χ1) is 13.5. The van der Waals surface area contributed by atoms with Gasteiger partial charge in [-0.2, -0.15) is 0 Å². The smallest absolute Gasteiger partial charge is 0.321 e. The first kappa shape index (κ1) is 19.7.